The van der Waals surface area contributed by atoms with Crippen LogP contribution in [-0.4, -0.2) is 16.9 Å². The molecule has 0 bridgehead atoms. The molecule has 154 valence electrons. The number of benzene rings is 1. The van der Waals surface area contributed by atoms with Crippen LogP contribution in [-0.2, 0) is 11.3 Å². The minimum absolute atomic E-state index is 0.0900. The average molecular weight is 414 g/mol. The van der Waals surface area contributed by atoms with Crippen LogP contribution in [0.5, 0.6) is 0 Å². The molecule has 1 aliphatic rings. The summed E-state index contributed by atoms with van der Waals surface area (Å²) in [5, 5.41) is 8.70. The molecule has 1 heterocycles. The molecule has 0 atom stereocenters. The second kappa shape index (κ2) is 10.8. The Morgan fingerprint density at radius 3 is 2.62 bits per heavy atom. The standard InChI is InChI=1S/C22H27N3O3S/c26-20(13-12-16-7-2-1-3-8-16)25-22(29)24-19-11-5-4-10-18(19)21(27)23-15-17-9-6-14-28-17/h4-6,9-11,14,16H,1-3,7-8,12-13,15H2,(H,23,27)(H2,24,25,26,29). The van der Waals surface area contributed by atoms with Crippen LogP contribution in [0, 0.1) is 5.92 Å². The number of carbonyl (C=O) groups excluding carboxylic acids is 2. The molecule has 6 nitrogen and oxygen atoms in total. The lowest BCUT2D eigenvalue weighted by atomic mass is 9.86. The number of nitrogens with one attached hydrogen (secondary N) is 3. The van der Waals surface area contributed by atoms with E-state index in [9.17, 15) is 9.59 Å². The van der Waals surface area contributed by atoms with Crippen molar-refractivity contribution in [1.29, 1.82) is 0 Å². The minimum Gasteiger partial charge on any atom is -0.467 e. The number of thiocarbonyl (C=S) groups is 1. The first kappa shape index (κ1) is 21.0. The smallest absolute Gasteiger partial charge is 0.253 e. The zero-order chi connectivity index (χ0) is 20.5. The summed E-state index contributed by atoms with van der Waals surface area (Å²) in [6.07, 6.45) is 9.22. The molecule has 1 aromatic carbocycles. The summed E-state index contributed by atoms with van der Waals surface area (Å²) in [6.45, 7) is 0.294. The number of carbonyl (C=O) groups is 2. The summed E-state index contributed by atoms with van der Waals surface area (Å²) in [5.41, 5.74) is 0.986. The fourth-order valence-corrected chi connectivity index (χ4v) is 3.84. The Hall–Kier alpha value is -2.67. The number of anilines is 1. The Morgan fingerprint density at radius 1 is 1.07 bits per heavy atom. The van der Waals surface area contributed by atoms with Gasteiger partial charge in [0.15, 0.2) is 5.11 Å². The number of amides is 2. The van der Waals surface area contributed by atoms with Crippen molar-refractivity contribution in [3.05, 3.63) is 54.0 Å². The van der Waals surface area contributed by atoms with Crippen LogP contribution in [0.2, 0.25) is 0 Å². The van der Waals surface area contributed by atoms with Gasteiger partial charge in [0.05, 0.1) is 24.1 Å². The van der Waals surface area contributed by atoms with Gasteiger partial charge in [-0.2, -0.15) is 0 Å². The normalized spacial score (nSPS) is 14.2. The number of furan rings is 1. The van der Waals surface area contributed by atoms with Crippen molar-refractivity contribution in [2.45, 2.75) is 51.5 Å². The van der Waals surface area contributed by atoms with E-state index in [4.69, 9.17) is 16.6 Å². The molecule has 29 heavy (non-hydrogen) atoms. The minimum atomic E-state index is -0.254. The van der Waals surface area contributed by atoms with Crippen LogP contribution in [0.4, 0.5) is 5.69 Å². The molecular formula is C22H27N3O3S. The molecular weight excluding hydrogens is 386 g/mol. The quantitative estimate of drug-likeness (QED) is 0.587. The molecule has 0 saturated heterocycles. The maximum Gasteiger partial charge on any atom is 0.253 e. The van der Waals surface area contributed by atoms with Crippen molar-refractivity contribution in [1.82, 2.24) is 10.6 Å². The van der Waals surface area contributed by atoms with E-state index in [0.29, 0.717) is 35.9 Å². The highest BCUT2D eigenvalue weighted by Gasteiger charge is 2.16. The molecule has 2 aromatic rings. The van der Waals surface area contributed by atoms with E-state index in [2.05, 4.69) is 16.0 Å². The lowest BCUT2D eigenvalue weighted by Crippen LogP contribution is -2.35. The first-order valence-corrected chi connectivity index (χ1v) is 10.5. The molecule has 1 aromatic heterocycles. The molecule has 7 heteroatoms. The lowest BCUT2D eigenvalue weighted by Gasteiger charge is -2.21. The van der Waals surface area contributed by atoms with Gasteiger partial charge in [-0.3, -0.25) is 9.59 Å². The largest absolute Gasteiger partial charge is 0.467 e. The Kier molecular flexibility index (Phi) is 7.81. The monoisotopic (exact) mass is 413 g/mol. The Balaban J connectivity index is 1.49. The molecule has 0 aliphatic heterocycles. The van der Waals surface area contributed by atoms with E-state index in [1.165, 1.54) is 32.1 Å². The molecule has 3 N–H and O–H groups in total. The fraction of sp³-hybridized carbons (Fsp3) is 0.409. The van der Waals surface area contributed by atoms with E-state index in [1.807, 2.05) is 0 Å². The Labute approximate surface area is 176 Å². The van der Waals surface area contributed by atoms with Crippen LogP contribution < -0.4 is 16.0 Å². The number of para-hydroxylation sites is 1. The topological polar surface area (TPSA) is 83.4 Å². The molecule has 2 amide bonds. The van der Waals surface area contributed by atoms with Gasteiger partial charge in [0, 0.05) is 6.42 Å². The van der Waals surface area contributed by atoms with E-state index in [0.717, 1.165) is 6.42 Å². The van der Waals surface area contributed by atoms with Gasteiger partial charge in [-0.25, -0.2) is 0 Å². The summed E-state index contributed by atoms with van der Waals surface area (Å²) >= 11 is 5.27. The second-order valence-corrected chi connectivity index (χ2v) is 7.76. The molecule has 0 spiro atoms. The summed E-state index contributed by atoms with van der Waals surface area (Å²) in [4.78, 5) is 24.7. The van der Waals surface area contributed by atoms with E-state index < -0.39 is 0 Å². The van der Waals surface area contributed by atoms with Crippen molar-refractivity contribution < 1.29 is 14.0 Å². The SMILES string of the molecule is O=C(CCC1CCCCC1)NC(=S)Nc1ccccc1C(=O)NCc1ccco1. The van der Waals surface area contributed by atoms with Gasteiger partial charge in [0.2, 0.25) is 5.91 Å². The highest BCUT2D eigenvalue weighted by molar-refractivity contribution is 7.80. The van der Waals surface area contributed by atoms with Crippen molar-refractivity contribution in [2.75, 3.05) is 5.32 Å². The van der Waals surface area contributed by atoms with Crippen LogP contribution >= 0.6 is 12.2 Å². The van der Waals surface area contributed by atoms with Gasteiger partial charge in [0.25, 0.3) is 5.91 Å². The molecule has 3 rings (SSSR count). The Bertz CT molecular complexity index is 830. The highest BCUT2D eigenvalue weighted by Crippen LogP contribution is 2.27. The van der Waals surface area contributed by atoms with Gasteiger partial charge < -0.3 is 20.4 Å². The third kappa shape index (κ3) is 6.71. The van der Waals surface area contributed by atoms with Gasteiger partial charge in [-0.1, -0.05) is 44.2 Å². The van der Waals surface area contributed by atoms with Gasteiger partial charge in [-0.05, 0) is 48.8 Å². The van der Waals surface area contributed by atoms with E-state index in [-0.39, 0.29) is 16.9 Å². The van der Waals surface area contributed by atoms with Crippen molar-refractivity contribution in [3.63, 3.8) is 0 Å². The highest BCUT2D eigenvalue weighted by atomic mass is 32.1. The van der Waals surface area contributed by atoms with Crippen LogP contribution in [0.3, 0.4) is 0 Å². The third-order valence-corrected chi connectivity index (χ3v) is 5.38. The van der Waals surface area contributed by atoms with Gasteiger partial charge >= 0.3 is 0 Å². The van der Waals surface area contributed by atoms with Crippen LogP contribution in [0.1, 0.15) is 61.1 Å². The number of rotatable bonds is 7. The molecule has 0 radical (unpaired) electrons. The Morgan fingerprint density at radius 2 is 1.86 bits per heavy atom. The first-order valence-electron chi connectivity index (χ1n) is 10.1. The fourth-order valence-electron chi connectivity index (χ4n) is 3.62. The summed E-state index contributed by atoms with van der Waals surface area (Å²) in [7, 11) is 0. The van der Waals surface area contributed by atoms with Crippen LogP contribution in [0.15, 0.2) is 47.1 Å². The first-order chi connectivity index (χ1) is 14.1. The molecule has 1 aliphatic carbocycles. The van der Waals surface area contributed by atoms with E-state index in [1.54, 1.807) is 42.7 Å². The zero-order valence-corrected chi connectivity index (χ0v) is 17.2. The molecule has 1 fully saturated rings. The van der Waals surface area contributed by atoms with E-state index >= 15 is 0 Å². The van der Waals surface area contributed by atoms with Crippen LogP contribution in [0.25, 0.3) is 0 Å². The summed E-state index contributed by atoms with van der Waals surface area (Å²) < 4.78 is 5.23. The maximum absolute atomic E-state index is 12.5. The predicted octanol–water partition coefficient (Wildman–Crippen LogP) is 4.38. The second-order valence-electron chi connectivity index (χ2n) is 7.35. The summed E-state index contributed by atoms with van der Waals surface area (Å²) in [5.74, 6) is 0.975. The predicted molar refractivity (Wildman–Crippen MR) is 116 cm³/mol. The zero-order valence-electron chi connectivity index (χ0n) is 16.4. The van der Waals surface area contributed by atoms with Crippen molar-refractivity contribution >= 4 is 34.8 Å². The van der Waals surface area contributed by atoms with Gasteiger partial charge in [-0.15, -0.1) is 0 Å². The van der Waals surface area contributed by atoms with Crippen molar-refractivity contribution in [3.8, 4) is 0 Å². The third-order valence-electron chi connectivity index (χ3n) is 5.18. The number of hydrogen-bond acceptors (Lipinski definition) is 4. The summed E-state index contributed by atoms with van der Waals surface area (Å²) in [6, 6.07) is 10.6. The molecule has 0 unspecified atom stereocenters. The average Bonchev–Trinajstić information content (AvgIpc) is 3.25. The number of hydrogen-bond donors (Lipinski definition) is 3. The maximum atomic E-state index is 12.5. The van der Waals surface area contributed by atoms with Gasteiger partial charge in [0.1, 0.15) is 5.76 Å². The molecule has 1 saturated carbocycles. The van der Waals surface area contributed by atoms with Crippen molar-refractivity contribution in [2.24, 2.45) is 5.92 Å². The lowest BCUT2D eigenvalue weighted by molar-refractivity contribution is -0.120.